The van der Waals surface area contributed by atoms with Crippen molar-refractivity contribution in [3.05, 3.63) is 114 Å². The average molecular weight is 610 g/mol. The number of hydrogen-bond donors (Lipinski definition) is 0. The van der Waals surface area contributed by atoms with Crippen LogP contribution in [0.1, 0.15) is 31.9 Å². The standard InChI is InChI=1S/C36H32FNO7/c1-23(2)36(41)43-22-42-35(40)18-28-21-38(20-25-10-13-30(14-11-25)45-32-9-5-7-29(37)19-32)34-17-27(12-15-33(28)34)26-6-4-8-31(16-26)44-24(3)39/h4-17,19,21,23H,18,20,22H2,1-3H3. The summed E-state index contributed by atoms with van der Waals surface area (Å²) in [5.41, 5.74) is 4.34. The molecule has 0 unspecified atom stereocenters. The Morgan fingerprint density at radius 2 is 1.53 bits per heavy atom. The van der Waals surface area contributed by atoms with Gasteiger partial charge in [-0.3, -0.25) is 14.4 Å². The zero-order chi connectivity index (χ0) is 31.9. The number of rotatable bonds is 11. The van der Waals surface area contributed by atoms with Crippen molar-refractivity contribution < 1.29 is 37.7 Å². The number of hydrogen-bond acceptors (Lipinski definition) is 7. The van der Waals surface area contributed by atoms with E-state index in [1.165, 1.54) is 19.1 Å². The molecule has 0 saturated heterocycles. The summed E-state index contributed by atoms with van der Waals surface area (Å²) in [6.07, 6.45) is 1.88. The van der Waals surface area contributed by atoms with Crippen LogP contribution in [0.2, 0.25) is 0 Å². The Bertz CT molecular complexity index is 1840. The van der Waals surface area contributed by atoms with Crippen molar-refractivity contribution in [2.75, 3.05) is 6.79 Å². The summed E-state index contributed by atoms with van der Waals surface area (Å²) < 4.78 is 36.8. The number of carbonyl (C=O) groups is 3. The molecule has 0 bridgehead atoms. The molecule has 0 aliphatic rings. The highest BCUT2D eigenvalue weighted by atomic mass is 19.1. The van der Waals surface area contributed by atoms with E-state index >= 15 is 0 Å². The van der Waals surface area contributed by atoms with Crippen LogP contribution in [0.4, 0.5) is 4.39 Å². The highest BCUT2D eigenvalue weighted by Gasteiger charge is 2.16. The van der Waals surface area contributed by atoms with Gasteiger partial charge in [0.2, 0.25) is 6.79 Å². The van der Waals surface area contributed by atoms with Gasteiger partial charge < -0.3 is 23.5 Å². The topological polar surface area (TPSA) is 93.1 Å². The van der Waals surface area contributed by atoms with Gasteiger partial charge >= 0.3 is 17.9 Å². The van der Waals surface area contributed by atoms with Gasteiger partial charge in [0.1, 0.15) is 23.1 Å². The van der Waals surface area contributed by atoms with Crippen LogP contribution in [0, 0.1) is 11.7 Å². The number of nitrogens with zero attached hydrogens (tertiary/aromatic N) is 1. The summed E-state index contributed by atoms with van der Waals surface area (Å²) in [4.78, 5) is 35.9. The lowest BCUT2D eigenvalue weighted by Gasteiger charge is -2.10. The molecule has 0 spiro atoms. The van der Waals surface area contributed by atoms with Gasteiger partial charge in [-0.05, 0) is 64.7 Å². The summed E-state index contributed by atoms with van der Waals surface area (Å²) >= 11 is 0. The van der Waals surface area contributed by atoms with Gasteiger partial charge in [-0.15, -0.1) is 0 Å². The molecule has 0 aliphatic carbocycles. The first kappa shape index (κ1) is 31.0. The first-order chi connectivity index (χ1) is 21.6. The maximum atomic E-state index is 13.6. The smallest absolute Gasteiger partial charge is 0.313 e. The highest BCUT2D eigenvalue weighted by molar-refractivity contribution is 5.91. The molecule has 0 fully saturated rings. The van der Waals surface area contributed by atoms with Crippen LogP contribution >= 0.6 is 0 Å². The van der Waals surface area contributed by atoms with Gasteiger partial charge in [0, 0.05) is 36.6 Å². The van der Waals surface area contributed by atoms with Crippen molar-refractivity contribution in [1.82, 2.24) is 4.57 Å². The summed E-state index contributed by atoms with van der Waals surface area (Å²) in [5.74, 6) is -0.667. The van der Waals surface area contributed by atoms with Gasteiger partial charge in [-0.1, -0.05) is 56.3 Å². The van der Waals surface area contributed by atoms with E-state index in [0.717, 1.165) is 33.2 Å². The number of fused-ring (bicyclic) bond motifs is 1. The van der Waals surface area contributed by atoms with Crippen molar-refractivity contribution in [3.63, 3.8) is 0 Å². The van der Waals surface area contributed by atoms with E-state index < -0.39 is 24.7 Å². The Morgan fingerprint density at radius 1 is 0.800 bits per heavy atom. The summed E-state index contributed by atoms with van der Waals surface area (Å²) in [7, 11) is 0. The summed E-state index contributed by atoms with van der Waals surface area (Å²) in [6.45, 7) is 4.79. The quantitative estimate of drug-likeness (QED) is 0.0872. The molecule has 0 radical (unpaired) electrons. The third kappa shape index (κ3) is 8.14. The maximum Gasteiger partial charge on any atom is 0.313 e. The van der Waals surface area contributed by atoms with Crippen LogP contribution < -0.4 is 9.47 Å². The van der Waals surface area contributed by atoms with Crippen LogP contribution in [-0.2, 0) is 36.8 Å². The molecule has 0 amide bonds. The molecule has 8 nitrogen and oxygen atoms in total. The minimum atomic E-state index is -0.525. The lowest BCUT2D eigenvalue weighted by Crippen LogP contribution is -2.17. The fraction of sp³-hybridized carbons (Fsp3) is 0.194. The van der Waals surface area contributed by atoms with Crippen LogP contribution in [0.15, 0.2) is 97.2 Å². The molecule has 0 saturated carbocycles. The normalized spacial score (nSPS) is 11.0. The molecule has 5 aromatic rings. The van der Waals surface area contributed by atoms with E-state index in [2.05, 4.69) is 0 Å². The van der Waals surface area contributed by atoms with Gasteiger partial charge in [0.25, 0.3) is 0 Å². The van der Waals surface area contributed by atoms with Crippen molar-refractivity contribution in [1.29, 1.82) is 0 Å². The summed E-state index contributed by atoms with van der Waals surface area (Å²) in [6, 6.07) is 26.6. The zero-order valence-corrected chi connectivity index (χ0v) is 25.1. The first-order valence-electron chi connectivity index (χ1n) is 14.4. The van der Waals surface area contributed by atoms with Crippen molar-refractivity contribution in [2.24, 2.45) is 5.92 Å². The average Bonchev–Trinajstić information content (AvgIpc) is 3.33. The molecule has 45 heavy (non-hydrogen) atoms. The molecule has 0 aliphatic heterocycles. The number of ether oxygens (including phenoxy) is 4. The molecule has 5 rings (SSSR count). The van der Waals surface area contributed by atoms with Gasteiger partial charge in [0.15, 0.2) is 0 Å². The second-order valence-electron chi connectivity index (χ2n) is 10.8. The summed E-state index contributed by atoms with van der Waals surface area (Å²) in [5, 5.41) is 0.858. The lowest BCUT2D eigenvalue weighted by molar-refractivity contribution is -0.169. The van der Waals surface area contributed by atoms with Crippen LogP contribution in [0.3, 0.4) is 0 Å². The SMILES string of the molecule is CC(=O)Oc1cccc(-c2ccc3c(CC(=O)OCOC(=O)C(C)C)cn(Cc4ccc(Oc5cccc(F)c5)cc4)c3c2)c1. The molecule has 9 heteroatoms. The maximum absolute atomic E-state index is 13.6. The van der Waals surface area contributed by atoms with Crippen molar-refractivity contribution >= 4 is 28.8 Å². The largest absolute Gasteiger partial charge is 0.457 e. The predicted molar refractivity (Wildman–Crippen MR) is 166 cm³/mol. The number of benzene rings is 4. The predicted octanol–water partition coefficient (Wildman–Crippen LogP) is 7.46. The third-order valence-corrected chi connectivity index (χ3v) is 6.93. The number of halogens is 1. The van der Waals surface area contributed by atoms with Gasteiger partial charge in [0.05, 0.1) is 12.3 Å². The Kier molecular flexibility index (Phi) is 9.57. The second kappa shape index (κ2) is 13.9. The van der Waals surface area contributed by atoms with Crippen LogP contribution in [0.25, 0.3) is 22.0 Å². The Morgan fingerprint density at radius 3 is 2.27 bits per heavy atom. The fourth-order valence-corrected chi connectivity index (χ4v) is 4.78. The van der Waals surface area contributed by atoms with E-state index in [1.54, 1.807) is 38.1 Å². The Balaban J connectivity index is 1.41. The molecular formula is C36H32FNO7. The highest BCUT2D eigenvalue weighted by Crippen LogP contribution is 2.31. The Hall–Kier alpha value is -5.44. The molecule has 4 aromatic carbocycles. The minimum absolute atomic E-state index is 0.0234. The van der Waals surface area contributed by atoms with E-state index in [1.807, 2.05) is 65.4 Å². The first-order valence-corrected chi connectivity index (χ1v) is 14.4. The zero-order valence-electron chi connectivity index (χ0n) is 25.1. The molecular weight excluding hydrogens is 577 g/mol. The molecule has 0 N–H and O–H groups in total. The molecule has 0 atom stereocenters. The van der Waals surface area contributed by atoms with Gasteiger partial charge in [-0.25, -0.2) is 4.39 Å². The molecule has 1 heterocycles. The van der Waals surface area contributed by atoms with Crippen LogP contribution in [0.5, 0.6) is 17.2 Å². The van der Waals surface area contributed by atoms with E-state index in [-0.39, 0.29) is 18.2 Å². The van der Waals surface area contributed by atoms with E-state index in [9.17, 15) is 18.8 Å². The number of carbonyl (C=O) groups excluding carboxylic acids is 3. The monoisotopic (exact) mass is 609 g/mol. The minimum Gasteiger partial charge on any atom is -0.457 e. The second-order valence-corrected chi connectivity index (χ2v) is 10.8. The number of esters is 3. The van der Waals surface area contributed by atoms with Crippen molar-refractivity contribution in [3.8, 4) is 28.4 Å². The van der Waals surface area contributed by atoms with Crippen molar-refractivity contribution in [2.45, 2.75) is 33.7 Å². The van der Waals surface area contributed by atoms with Crippen LogP contribution in [-0.4, -0.2) is 29.3 Å². The number of aromatic nitrogens is 1. The molecule has 1 aromatic heterocycles. The lowest BCUT2D eigenvalue weighted by atomic mass is 10.0. The van der Waals surface area contributed by atoms with Gasteiger partial charge in [-0.2, -0.15) is 0 Å². The fourth-order valence-electron chi connectivity index (χ4n) is 4.78. The van der Waals surface area contributed by atoms with E-state index in [4.69, 9.17) is 18.9 Å². The Labute approximate surface area is 259 Å². The van der Waals surface area contributed by atoms with E-state index in [0.29, 0.717) is 23.8 Å². The third-order valence-electron chi connectivity index (χ3n) is 6.93. The molecule has 230 valence electrons.